The topological polar surface area (TPSA) is 58.2 Å². The molecule has 19 heavy (non-hydrogen) atoms. The molecule has 0 saturated carbocycles. The Morgan fingerprint density at radius 1 is 1.42 bits per heavy atom. The van der Waals surface area contributed by atoms with Crippen LogP contribution in [0.25, 0.3) is 0 Å². The van der Waals surface area contributed by atoms with Gasteiger partial charge in [-0.2, -0.15) is 0 Å². The highest BCUT2D eigenvalue weighted by Crippen LogP contribution is 2.23. The molecule has 2 N–H and O–H groups in total. The summed E-state index contributed by atoms with van der Waals surface area (Å²) in [5, 5.41) is 5.59. The van der Waals surface area contributed by atoms with E-state index in [-0.39, 0.29) is 11.8 Å². The van der Waals surface area contributed by atoms with Gasteiger partial charge in [0.25, 0.3) is 5.91 Å². The van der Waals surface area contributed by atoms with Gasteiger partial charge in [0.2, 0.25) is 5.91 Å². The number of nitrogens with one attached hydrogen (secondary N) is 2. The van der Waals surface area contributed by atoms with Gasteiger partial charge >= 0.3 is 0 Å². The molecule has 0 fully saturated rings. The van der Waals surface area contributed by atoms with Gasteiger partial charge in [-0.15, -0.1) is 12.3 Å². The molecule has 4 heteroatoms. The summed E-state index contributed by atoms with van der Waals surface area (Å²) >= 11 is 0. The van der Waals surface area contributed by atoms with E-state index in [4.69, 9.17) is 6.42 Å². The Morgan fingerprint density at radius 3 is 3.05 bits per heavy atom. The van der Waals surface area contributed by atoms with Crippen molar-refractivity contribution in [2.45, 2.75) is 25.7 Å². The third-order valence-electron chi connectivity index (χ3n) is 3.03. The molecule has 0 saturated heterocycles. The summed E-state index contributed by atoms with van der Waals surface area (Å²) in [6.45, 7) is 0.620. The molecule has 98 valence electrons. The first-order chi connectivity index (χ1) is 9.20. The number of benzene rings is 1. The number of anilines is 1. The zero-order valence-corrected chi connectivity index (χ0v) is 10.7. The molecule has 1 aromatic carbocycles. The summed E-state index contributed by atoms with van der Waals surface area (Å²) in [5.41, 5.74) is 2.27. The van der Waals surface area contributed by atoms with Crippen LogP contribution in [0.3, 0.4) is 0 Å². The highest BCUT2D eigenvalue weighted by Gasteiger charge is 2.18. The first-order valence-electron chi connectivity index (χ1n) is 6.35. The lowest BCUT2D eigenvalue weighted by Gasteiger charge is -2.06. The number of amides is 2. The molecule has 0 spiro atoms. The monoisotopic (exact) mass is 256 g/mol. The van der Waals surface area contributed by atoms with Gasteiger partial charge in [-0.25, -0.2) is 0 Å². The number of unbranched alkanes of at least 4 members (excludes halogenated alkanes) is 2. The molecule has 0 bridgehead atoms. The van der Waals surface area contributed by atoms with E-state index in [1.807, 2.05) is 0 Å². The number of terminal acetylenes is 1. The molecule has 0 aromatic heterocycles. The minimum absolute atomic E-state index is 0.0261. The highest BCUT2D eigenvalue weighted by molar-refractivity contribution is 6.01. The lowest BCUT2D eigenvalue weighted by molar-refractivity contribution is -0.115. The van der Waals surface area contributed by atoms with Crippen molar-refractivity contribution in [3.05, 3.63) is 29.3 Å². The van der Waals surface area contributed by atoms with E-state index in [9.17, 15) is 9.59 Å². The molecule has 0 aliphatic carbocycles. The van der Waals surface area contributed by atoms with Crippen LogP contribution in [0.4, 0.5) is 5.69 Å². The largest absolute Gasteiger partial charge is 0.352 e. The zero-order chi connectivity index (χ0) is 13.7. The molecule has 0 unspecified atom stereocenters. The number of fused-ring (bicyclic) bond motifs is 1. The average molecular weight is 256 g/mol. The minimum atomic E-state index is -0.108. The van der Waals surface area contributed by atoms with E-state index in [2.05, 4.69) is 16.6 Å². The van der Waals surface area contributed by atoms with E-state index in [1.165, 1.54) is 0 Å². The van der Waals surface area contributed by atoms with Gasteiger partial charge in [0.15, 0.2) is 0 Å². The van der Waals surface area contributed by atoms with Gasteiger partial charge in [0.1, 0.15) is 0 Å². The highest BCUT2D eigenvalue weighted by atomic mass is 16.2. The van der Waals surface area contributed by atoms with Crippen molar-refractivity contribution in [1.29, 1.82) is 0 Å². The smallest absolute Gasteiger partial charge is 0.251 e. The van der Waals surface area contributed by atoms with Crippen LogP contribution in [0.5, 0.6) is 0 Å². The Balaban J connectivity index is 1.88. The molecule has 0 atom stereocenters. The van der Waals surface area contributed by atoms with E-state index >= 15 is 0 Å². The molecule has 2 amide bonds. The number of carbonyl (C=O) groups is 2. The van der Waals surface area contributed by atoms with Crippen LogP contribution in [0, 0.1) is 12.3 Å². The third kappa shape index (κ3) is 3.35. The summed E-state index contributed by atoms with van der Waals surface area (Å²) < 4.78 is 0. The van der Waals surface area contributed by atoms with Gasteiger partial charge in [-0.1, -0.05) is 0 Å². The Morgan fingerprint density at radius 2 is 2.26 bits per heavy atom. The van der Waals surface area contributed by atoms with Crippen LogP contribution in [-0.4, -0.2) is 18.4 Å². The van der Waals surface area contributed by atoms with Gasteiger partial charge in [-0.05, 0) is 36.6 Å². The molecule has 4 nitrogen and oxygen atoms in total. The van der Waals surface area contributed by atoms with E-state index in [1.54, 1.807) is 18.2 Å². The van der Waals surface area contributed by atoms with Crippen molar-refractivity contribution < 1.29 is 9.59 Å². The second kappa shape index (κ2) is 6.05. The number of hydrogen-bond donors (Lipinski definition) is 2. The summed E-state index contributed by atoms with van der Waals surface area (Å²) in [5.74, 6) is 2.43. The quantitative estimate of drug-likeness (QED) is 0.622. The fourth-order valence-corrected chi connectivity index (χ4v) is 2.03. The van der Waals surface area contributed by atoms with Crippen molar-refractivity contribution in [3.63, 3.8) is 0 Å². The number of hydrogen-bond acceptors (Lipinski definition) is 2. The standard InChI is InChI=1S/C15H16N2O2/c1-2-3-4-5-8-16-15(19)11-6-7-13-12(9-11)10-14(18)17-13/h1,6-7,9H,3-5,8,10H2,(H,16,19)(H,17,18). The summed E-state index contributed by atoms with van der Waals surface area (Å²) in [7, 11) is 0. The zero-order valence-electron chi connectivity index (χ0n) is 10.7. The van der Waals surface area contributed by atoms with Crippen molar-refractivity contribution in [3.8, 4) is 12.3 Å². The van der Waals surface area contributed by atoms with Gasteiger partial charge < -0.3 is 10.6 Å². The van der Waals surface area contributed by atoms with Gasteiger partial charge in [-0.3, -0.25) is 9.59 Å². The molecule has 0 radical (unpaired) electrons. The average Bonchev–Trinajstić information content (AvgIpc) is 2.77. The summed E-state index contributed by atoms with van der Waals surface area (Å²) in [6.07, 6.45) is 8.03. The fourth-order valence-electron chi connectivity index (χ4n) is 2.03. The lowest BCUT2D eigenvalue weighted by Crippen LogP contribution is -2.24. The number of carbonyl (C=O) groups excluding carboxylic acids is 2. The number of rotatable bonds is 5. The second-order valence-electron chi connectivity index (χ2n) is 4.51. The second-order valence-corrected chi connectivity index (χ2v) is 4.51. The Kier molecular flexibility index (Phi) is 4.19. The molecule has 1 heterocycles. The van der Waals surface area contributed by atoms with Crippen LogP contribution >= 0.6 is 0 Å². The summed E-state index contributed by atoms with van der Waals surface area (Å²) in [6, 6.07) is 5.26. The third-order valence-corrected chi connectivity index (χ3v) is 3.03. The van der Waals surface area contributed by atoms with E-state index in [0.29, 0.717) is 18.5 Å². The Labute approximate surface area is 112 Å². The fraction of sp³-hybridized carbons (Fsp3) is 0.333. The maximum absolute atomic E-state index is 11.9. The van der Waals surface area contributed by atoms with Crippen molar-refractivity contribution in [2.75, 3.05) is 11.9 Å². The normalized spacial score (nSPS) is 12.5. The SMILES string of the molecule is C#CCCCCNC(=O)c1ccc2c(c1)CC(=O)N2. The molecular formula is C15H16N2O2. The van der Waals surface area contributed by atoms with Crippen LogP contribution in [0.2, 0.25) is 0 Å². The predicted molar refractivity (Wildman–Crippen MR) is 73.8 cm³/mol. The van der Waals surface area contributed by atoms with Crippen molar-refractivity contribution >= 4 is 17.5 Å². The van der Waals surface area contributed by atoms with Gasteiger partial charge in [0.05, 0.1) is 6.42 Å². The van der Waals surface area contributed by atoms with Crippen molar-refractivity contribution in [1.82, 2.24) is 5.32 Å². The predicted octanol–water partition coefficient (Wildman–Crippen LogP) is 1.71. The molecule has 1 aromatic rings. The molecule has 1 aliphatic heterocycles. The van der Waals surface area contributed by atoms with Crippen molar-refractivity contribution in [2.24, 2.45) is 0 Å². The lowest BCUT2D eigenvalue weighted by atomic mass is 10.1. The molecular weight excluding hydrogens is 240 g/mol. The van der Waals surface area contributed by atoms with Gasteiger partial charge in [0, 0.05) is 24.2 Å². The first-order valence-corrected chi connectivity index (χ1v) is 6.35. The van der Waals surface area contributed by atoms with E-state index in [0.717, 1.165) is 30.5 Å². The maximum atomic E-state index is 11.9. The maximum Gasteiger partial charge on any atom is 0.251 e. The van der Waals surface area contributed by atoms with E-state index < -0.39 is 0 Å². The Hall–Kier alpha value is -2.28. The summed E-state index contributed by atoms with van der Waals surface area (Å²) in [4.78, 5) is 23.1. The molecule has 1 aliphatic rings. The van der Waals surface area contributed by atoms with Crippen LogP contribution < -0.4 is 10.6 Å². The van der Waals surface area contributed by atoms with Crippen LogP contribution in [0.15, 0.2) is 18.2 Å². The minimum Gasteiger partial charge on any atom is -0.352 e. The van der Waals surface area contributed by atoms with Crippen LogP contribution in [-0.2, 0) is 11.2 Å². The first kappa shape index (κ1) is 13.2. The Bertz CT molecular complexity index is 544. The molecule has 2 rings (SSSR count). The van der Waals surface area contributed by atoms with Crippen LogP contribution in [0.1, 0.15) is 35.2 Å².